The molecule has 0 radical (unpaired) electrons. The molecule has 3 fully saturated rings. The summed E-state index contributed by atoms with van der Waals surface area (Å²) in [5, 5.41) is 3.79. The fourth-order valence-corrected chi connectivity index (χ4v) is 4.52. The monoisotopic (exact) mass is 249 g/mol. The topological polar surface area (TPSA) is 12.0 Å². The van der Waals surface area contributed by atoms with Gasteiger partial charge in [0.25, 0.3) is 0 Å². The van der Waals surface area contributed by atoms with Crippen molar-refractivity contribution in [3.63, 3.8) is 0 Å². The average Bonchev–Trinajstić information content (AvgIpc) is 3.08. The fraction of sp³-hybridized carbons (Fsp3) is 1.00. The normalized spacial score (nSPS) is 45.3. The largest absolute Gasteiger partial charge is 0.314 e. The third-order valence-electron chi connectivity index (χ3n) is 6.21. The second kappa shape index (κ2) is 5.53. The lowest BCUT2D eigenvalue weighted by Crippen LogP contribution is -2.33. The van der Waals surface area contributed by atoms with E-state index < -0.39 is 0 Å². The molecule has 0 aliphatic heterocycles. The van der Waals surface area contributed by atoms with E-state index in [0.717, 1.165) is 35.6 Å². The van der Waals surface area contributed by atoms with Gasteiger partial charge in [-0.1, -0.05) is 26.7 Å². The summed E-state index contributed by atoms with van der Waals surface area (Å²) in [5.74, 6) is 5.08. The predicted octanol–water partition coefficient (Wildman–Crippen LogP) is 4.23. The van der Waals surface area contributed by atoms with Gasteiger partial charge in [-0.05, 0) is 74.7 Å². The molecule has 5 atom stereocenters. The SMILES string of the molecule is CC1CCC(C2CCCC2CNC2CC2)CC1C. The Morgan fingerprint density at radius 3 is 2.44 bits per heavy atom. The van der Waals surface area contributed by atoms with Gasteiger partial charge in [-0.25, -0.2) is 0 Å². The molecule has 0 saturated heterocycles. The van der Waals surface area contributed by atoms with Crippen LogP contribution >= 0.6 is 0 Å². The van der Waals surface area contributed by atoms with Gasteiger partial charge in [0.1, 0.15) is 0 Å². The van der Waals surface area contributed by atoms with E-state index in [-0.39, 0.29) is 0 Å². The van der Waals surface area contributed by atoms with Crippen LogP contribution < -0.4 is 5.32 Å². The Morgan fingerprint density at radius 2 is 1.72 bits per heavy atom. The second-order valence-corrected chi connectivity index (χ2v) is 7.57. The standard InChI is InChI=1S/C17H31N/c1-12-6-7-14(10-13(12)2)17-5-3-4-15(17)11-18-16-8-9-16/h12-18H,3-11H2,1-2H3. The van der Waals surface area contributed by atoms with Crippen LogP contribution in [0.4, 0.5) is 0 Å². The van der Waals surface area contributed by atoms with Crippen molar-refractivity contribution in [2.24, 2.45) is 29.6 Å². The fourth-order valence-electron chi connectivity index (χ4n) is 4.52. The van der Waals surface area contributed by atoms with Gasteiger partial charge in [0.05, 0.1) is 0 Å². The van der Waals surface area contributed by atoms with Crippen molar-refractivity contribution in [1.82, 2.24) is 5.32 Å². The van der Waals surface area contributed by atoms with Gasteiger partial charge in [-0.2, -0.15) is 0 Å². The van der Waals surface area contributed by atoms with Crippen molar-refractivity contribution in [2.75, 3.05) is 6.54 Å². The molecule has 3 saturated carbocycles. The molecular formula is C17H31N. The lowest BCUT2D eigenvalue weighted by molar-refractivity contribution is 0.132. The zero-order chi connectivity index (χ0) is 12.5. The molecule has 5 unspecified atom stereocenters. The summed E-state index contributed by atoms with van der Waals surface area (Å²) < 4.78 is 0. The van der Waals surface area contributed by atoms with Gasteiger partial charge >= 0.3 is 0 Å². The number of nitrogens with one attached hydrogen (secondary N) is 1. The van der Waals surface area contributed by atoms with Crippen LogP contribution in [0, 0.1) is 29.6 Å². The van der Waals surface area contributed by atoms with Crippen LogP contribution in [0.15, 0.2) is 0 Å². The molecule has 3 aliphatic rings. The highest BCUT2D eigenvalue weighted by molar-refractivity contribution is 4.90. The third kappa shape index (κ3) is 2.92. The first-order valence-electron chi connectivity index (χ1n) is 8.47. The molecule has 18 heavy (non-hydrogen) atoms. The second-order valence-electron chi connectivity index (χ2n) is 7.57. The predicted molar refractivity (Wildman–Crippen MR) is 77.5 cm³/mol. The van der Waals surface area contributed by atoms with E-state index in [4.69, 9.17) is 0 Å². The van der Waals surface area contributed by atoms with Crippen LogP contribution in [-0.2, 0) is 0 Å². The summed E-state index contributed by atoms with van der Waals surface area (Å²) in [7, 11) is 0. The minimum absolute atomic E-state index is 0.900. The van der Waals surface area contributed by atoms with Gasteiger partial charge in [0, 0.05) is 6.04 Å². The van der Waals surface area contributed by atoms with Crippen molar-refractivity contribution in [2.45, 2.75) is 71.3 Å². The highest BCUT2D eigenvalue weighted by Crippen LogP contribution is 2.45. The number of hydrogen-bond donors (Lipinski definition) is 1. The minimum Gasteiger partial charge on any atom is -0.314 e. The molecule has 1 heteroatoms. The molecule has 1 N–H and O–H groups in total. The Labute approximate surface area is 113 Å². The van der Waals surface area contributed by atoms with E-state index in [9.17, 15) is 0 Å². The first kappa shape index (κ1) is 13.0. The summed E-state index contributed by atoms with van der Waals surface area (Å²) in [6, 6.07) is 0.900. The Balaban J connectivity index is 1.52. The van der Waals surface area contributed by atoms with Gasteiger partial charge in [-0.3, -0.25) is 0 Å². The maximum atomic E-state index is 3.79. The van der Waals surface area contributed by atoms with Crippen molar-refractivity contribution in [3.8, 4) is 0 Å². The Morgan fingerprint density at radius 1 is 0.889 bits per heavy atom. The first-order valence-corrected chi connectivity index (χ1v) is 8.47. The molecule has 3 rings (SSSR count). The quantitative estimate of drug-likeness (QED) is 0.786. The van der Waals surface area contributed by atoms with Crippen molar-refractivity contribution >= 4 is 0 Å². The molecule has 0 heterocycles. The molecule has 1 nitrogen and oxygen atoms in total. The summed E-state index contributed by atoms with van der Waals surface area (Å²) in [4.78, 5) is 0. The van der Waals surface area contributed by atoms with Crippen LogP contribution in [-0.4, -0.2) is 12.6 Å². The molecule has 0 amide bonds. The van der Waals surface area contributed by atoms with Gasteiger partial charge in [-0.15, -0.1) is 0 Å². The van der Waals surface area contributed by atoms with E-state index in [1.807, 2.05) is 0 Å². The minimum atomic E-state index is 0.900. The summed E-state index contributed by atoms with van der Waals surface area (Å²) in [6.45, 7) is 6.28. The van der Waals surface area contributed by atoms with Crippen LogP contribution in [0.25, 0.3) is 0 Å². The zero-order valence-electron chi connectivity index (χ0n) is 12.3. The Kier molecular flexibility index (Phi) is 3.98. The van der Waals surface area contributed by atoms with Gasteiger partial charge in [0.15, 0.2) is 0 Å². The highest BCUT2D eigenvalue weighted by Gasteiger charge is 2.37. The molecule has 0 aromatic carbocycles. The van der Waals surface area contributed by atoms with Crippen molar-refractivity contribution in [1.29, 1.82) is 0 Å². The smallest absolute Gasteiger partial charge is 0.00683 e. The summed E-state index contributed by atoms with van der Waals surface area (Å²) >= 11 is 0. The van der Waals surface area contributed by atoms with Crippen LogP contribution in [0.1, 0.15) is 65.2 Å². The molecule has 3 aliphatic carbocycles. The lowest BCUT2D eigenvalue weighted by Gasteiger charge is -2.37. The molecule has 0 aromatic heterocycles. The molecule has 0 aromatic rings. The van der Waals surface area contributed by atoms with Gasteiger partial charge in [0.2, 0.25) is 0 Å². The van der Waals surface area contributed by atoms with Crippen LogP contribution in [0.2, 0.25) is 0 Å². The summed E-state index contributed by atoms with van der Waals surface area (Å²) in [6.07, 6.45) is 12.0. The van der Waals surface area contributed by atoms with Crippen molar-refractivity contribution < 1.29 is 0 Å². The van der Waals surface area contributed by atoms with Crippen LogP contribution in [0.5, 0.6) is 0 Å². The summed E-state index contributed by atoms with van der Waals surface area (Å²) in [5.41, 5.74) is 0. The number of hydrogen-bond acceptors (Lipinski definition) is 1. The molecule has 0 bridgehead atoms. The number of rotatable bonds is 4. The van der Waals surface area contributed by atoms with Crippen molar-refractivity contribution in [3.05, 3.63) is 0 Å². The lowest BCUT2D eigenvalue weighted by atomic mass is 9.69. The van der Waals surface area contributed by atoms with E-state index in [1.165, 1.54) is 57.9 Å². The Bertz CT molecular complexity index is 271. The molecule has 104 valence electrons. The average molecular weight is 249 g/mol. The third-order valence-corrected chi connectivity index (χ3v) is 6.21. The highest BCUT2D eigenvalue weighted by atomic mass is 14.9. The Hall–Kier alpha value is -0.0400. The van der Waals surface area contributed by atoms with Crippen LogP contribution in [0.3, 0.4) is 0 Å². The first-order chi connectivity index (χ1) is 8.74. The molecule has 0 spiro atoms. The van der Waals surface area contributed by atoms with E-state index in [0.29, 0.717) is 0 Å². The van der Waals surface area contributed by atoms with E-state index >= 15 is 0 Å². The van der Waals surface area contributed by atoms with E-state index in [2.05, 4.69) is 19.2 Å². The molecular weight excluding hydrogens is 218 g/mol. The zero-order valence-corrected chi connectivity index (χ0v) is 12.3. The van der Waals surface area contributed by atoms with E-state index in [1.54, 1.807) is 0 Å². The van der Waals surface area contributed by atoms with Gasteiger partial charge < -0.3 is 5.32 Å². The maximum absolute atomic E-state index is 3.79. The maximum Gasteiger partial charge on any atom is 0.00683 e.